The van der Waals surface area contributed by atoms with Crippen LogP contribution in [0.25, 0.3) is 0 Å². The van der Waals surface area contributed by atoms with Gasteiger partial charge in [0.25, 0.3) is 5.91 Å². The van der Waals surface area contributed by atoms with Gasteiger partial charge >= 0.3 is 0 Å². The van der Waals surface area contributed by atoms with Gasteiger partial charge in [0.2, 0.25) is 0 Å². The van der Waals surface area contributed by atoms with Crippen LogP contribution in [0.1, 0.15) is 44.0 Å². The molecule has 0 bridgehead atoms. The lowest BCUT2D eigenvalue weighted by molar-refractivity contribution is 0.0756. The highest BCUT2D eigenvalue weighted by Crippen LogP contribution is 2.22. The van der Waals surface area contributed by atoms with Crippen molar-refractivity contribution < 1.29 is 9.53 Å². The molecule has 0 aliphatic rings. The van der Waals surface area contributed by atoms with Gasteiger partial charge < -0.3 is 15.0 Å². The second-order valence-electron chi connectivity index (χ2n) is 5.77. The van der Waals surface area contributed by atoms with Crippen LogP contribution in [0.4, 0.5) is 11.5 Å². The van der Waals surface area contributed by atoms with Crippen LogP contribution in [0, 0.1) is 0 Å². The SMILES string of the molecule is CCCN(CCC)C(=O)c1cccnc1Nc1ccc(OCC)cc1. The molecular formula is C20H27N3O2. The summed E-state index contributed by atoms with van der Waals surface area (Å²) in [5.41, 5.74) is 1.46. The van der Waals surface area contributed by atoms with E-state index in [9.17, 15) is 4.79 Å². The van der Waals surface area contributed by atoms with Gasteiger partial charge in [0.1, 0.15) is 11.6 Å². The summed E-state index contributed by atoms with van der Waals surface area (Å²) >= 11 is 0. The van der Waals surface area contributed by atoms with E-state index in [1.807, 2.05) is 42.2 Å². The second kappa shape index (κ2) is 9.67. The van der Waals surface area contributed by atoms with Gasteiger partial charge in [-0.3, -0.25) is 4.79 Å². The van der Waals surface area contributed by atoms with Crippen molar-refractivity contribution in [1.82, 2.24) is 9.88 Å². The van der Waals surface area contributed by atoms with Gasteiger partial charge in [-0.1, -0.05) is 13.8 Å². The summed E-state index contributed by atoms with van der Waals surface area (Å²) in [5.74, 6) is 1.42. The molecule has 134 valence electrons. The van der Waals surface area contributed by atoms with Crippen molar-refractivity contribution in [1.29, 1.82) is 0 Å². The van der Waals surface area contributed by atoms with Crippen LogP contribution in [0.3, 0.4) is 0 Å². The predicted molar refractivity (Wildman–Crippen MR) is 102 cm³/mol. The standard InChI is InChI=1S/C20H27N3O2/c1-4-14-23(15-5-2)20(24)18-8-7-13-21-19(18)22-16-9-11-17(12-10-16)25-6-3/h7-13H,4-6,14-15H2,1-3H3,(H,21,22). The van der Waals surface area contributed by atoms with E-state index >= 15 is 0 Å². The van der Waals surface area contributed by atoms with Gasteiger partial charge in [-0.15, -0.1) is 0 Å². The minimum absolute atomic E-state index is 0.0187. The Morgan fingerprint density at radius 2 is 1.76 bits per heavy atom. The molecule has 0 saturated carbocycles. The quantitative estimate of drug-likeness (QED) is 0.730. The summed E-state index contributed by atoms with van der Waals surface area (Å²) in [7, 11) is 0. The molecule has 0 atom stereocenters. The van der Waals surface area contributed by atoms with Crippen molar-refractivity contribution in [3.8, 4) is 5.75 Å². The number of carbonyl (C=O) groups excluding carboxylic acids is 1. The lowest BCUT2D eigenvalue weighted by Crippen LogP contribution is -2.33. The topological polar surface area (TPSA) is 54.5 Å². The molecule has 1 aromatic carbocycles. The maximum absolute atomic E-state index is 12.9. The zero-order chi connectivity index (χ0) is 18.1. The number of hydrogen-bond donors (Lipinski definition) is 1. The molecule has 1 heterocycles. The summed E-state index contributed by atoms with van der Waals surface area (Å²) in [6, 6.07) is 11.3. The van der Waals surface area contributed by atoms with Gasteiger partial charge in [0.05, 0.1) is 12.2 Å². The highest BCUT2D eigenvalue weighted by Gasteiger charge is 2.18. The molecule has 0 unspecified atom stereocenters. The summed E-state index contributed by atoms with van der Waals surface area (Å²) < 4.78 is 5.45. The van der Waals surface area contributed by atoms with Crippen LogP contribution in [-0.2, 0) is 0 Å². The normalized spacial score (nSPS) is 10.4. The van der Waals surface area contributed by atoms with Crippen LogP contribution in [0.2, 0.25) is 0 Å². The number of carbonyl (C=O) groups is 1. The Morgan fingerprint density at radius 1 is 1.08 bits per heavy atom. The Morgan fingerprint density at radius 3 is 2.36 bits per heavy atom. The van der Waals surface area contributed by atoms with E-state index < -0.39 is 0 Å². The fourth-order valence-corrected chi connectivity index (χ4v) is 2.64. The molecule has 2 aromatic rings. The first kappa shape index (κ1) is 18.8. The van der Waals surface area contributed by atoms with Crippen LogP contribution in [-0.4, -0.2) is 35.5 Å². The molecule has 0 fully saturated rings. The first-order valence-electron chi connectivity index (χ1n) is 8.93. The molecule has 5 nitrogen and oxygen atoms in total. The van der Waals surface area contributed by atoms with E-state index in [4.69, 9.17) is 4.74 Å². The molecule has 25 heavy (non-hydrogen) atoms. The van der Waals surface area contributed by atoms with Crippen molar-refractivity contribution in [2.24, 2.45) is 0 Å². The zero-order valence-corrected chi connectivity index (χ0v) is 15.3. The molecule has 0 radical (unpaired) electrons. The van der Waals surface area contributed by atoms with Crippen LogP contribution in [0.15, 0.2) is 42.6 Å². The Balaban J connectivity index is 2.20. The number of hydrogen-bond acceptors (Lipinski definition) is 4. The fourth-order valence-electron chi connectivity index (χ4n) is 2.64. The number of aromatic nitrogens is 1. The van der Waals surface area contributed by atoms with Crippen molar-refractivity contribution in [3.63, 3.8) is 0 Å². The number of nitrogens with zero attached hydrogens (tertiary/aromatic N) is 2. The third kappa shape index (κ3) is 5.21. The largest absolute Gasteiger partial charge is 0.494 e. The van der Waals surface area contributed by atoms with E-state index in [0.29, 0.717) is 18.0 Å². The third-order valence-corrected chi connectivity index (χ3v) is 3.74. The second-order valence-corrected chi connectivity index (χ2v) is 5.77. The van der Waals surface area contributed by atoms with Crippen molar-refractivity contribution >= 4 is 17.4 Å². The third-order valence-electron chi connectivity index (χ3n) is 3.74. The first-order valence-corrected chi connectivity index (χ1v) is 8.93. The summed E-state index contributed by atoms with van der Waals surface area (Å²) in [5, 5.41) is 3.25. The lowest BCUT2D eigenvalue weighted by atomic mass is 10.2. The summed E-state index contributed by atoms with van der Waals surface area (Å²) in [4.78, 5) is 19.2. The predicted octanol–water partition coefficient (Wildman–Crippen LogP) is 4.49. The smallest absolute Gasteiger partial charge is 0.257 e. The Hall–Kier alpha value is -2.56. The number of anilines is 2. The Kier molecular flexibility index (Phi) is 7.26. The van der Waals surface area contributed by atoms with Crippen molar-refractivity contribution in [2.75, 3.05) is 25.0 Å². The van der Waals surface area contributed by atoms with Crippen LogP contribution < -0.4 is 10.1 Å². The number of benzene rings is 1. The summed E-state index contributed by atoms with van der Waals surface area (Å²) in [6.07, 6.45) is 3.57. The number of ether oxygens (including phenoxy) is 1. The van der Waals surface area contributed by atoms with Crippen LogP contribution in [0.5, 0.6) is 5.75 Å². The van der Waals surface area contributed by atoms with Gasteiger partial charge in [-0.05, 0) is 56.2 Å². The molecule has 0 aliphatic heterocycles. The molecule has 1 amide bonds. The van der Waals surface area contributed by atoms with Gasteiger partial charge in [-0.25, -0.2) is 4.98 Å². The maximum Gasteiger partial charge on any atom is 0.257 e. The lowest BCUT2D eigenvalue weighted by Gasteiger charge is -2.22. The number of pyridine rings is 1. The highest BCUT2D eigenvalue weighted by molar-refractivity contribution is 5.99. The summed E-state index contributed by atoms with van der Waals surface area (Å²) in [6.45, 7) is 8.26. The molecule has 2 rings (SSSR count). The van der Waals surface area contributed by atoms with Crippen LogP contribution >= 0.6 is 0 Å². The average Bonchev–Trinajstić information content (AvgIpc) is 2.63. The van der Waals surface area contributed by atoms with E-state index in [1.165, 1.54) is 0 Å². The van der Waals surface area contributed by atoms with Gasteiger partial charge in [0, 0.05) is 25.0 Å². The van der Waals surface area contributed by atoms with Gasteiger partial charge in [-0.2, -0.15) is 0 Å². The van der Waals surface area contributed by atoms with E-state index in [1.54, 1.807) is 12.3 Å². The maximum atomic E-state index is 12.9. The van der Waals surface area contributed by atoms with E-state index in [0.717, 1.165) is 37.4 Å². The monoisotopic (exact) mass is 341 g/mol. The van der Waals surface area contributed by atoms with E-state index in [-0.39, 0.29) is 5.91 Å². The molecule has 1 aromatic heterocycles. The number of nitrogens with one attached hydrogen (secondary N) is 1. The molecule has 1 N–H and O–H groups in total. The Labute approximate surface area is 150 Å². The van der Waals surface area contributed by atoms with E-state index in [2.05, 4.69) is 24.1 Å². The van der Waals surface area contributed by atoms with Crippen molar-refractivity contribution in [2.45, 2.75) is 33.6 Å². The zero-order valence-electron chi connectivity index (χ0n) is 15.3. The minimum atomic E-state index is 0.0187. The minimum Gasteiger partial charge on any atom is -0.494 e. The molecule has 0 aliphatic carbocycles. The first-order chi connectivity index (χ1) is 12.2. The number of rotatable bonds is 9. The highest BCUT2D eigenvalue weighted by atomic mass is 16.5. The average molecular weight is 341 g/mol. The Bertz CT molecular complexity index is 665. The fraction of sp³-hybridized carbons (Fsp3) is 0.400. The number of amides is 1. The molecular weight excluding hydrogens is 314 g/mol. The van der Waals surface area contributed by atoms with Gasteiger partial charge in [0.15, 0.2) is 0 Å². The molecule has 0 spiro atoms. The van der Waals surface area contributed by atoms with Crippen molar-refractivity contribution in [3.05, 3.63) is 48.2 Å². The molecule has 5 heteroatoms. The molecule has 0 saturated heterocycles.